The van der Waals surface area contributed by atoms with E-state index in [4.69, 9.17) is 5.11 Å². The summed E-state index contributed by atoms with van der Waals surface area (Å²) in [5, 5.41) is 9.65. The fourth-order valence-corrected chi connectivity index (χ4v) is 1.39. The average Bonchev–Trinajstić information content (AvgIpc) is 2.47. The number of benzene rings is 1. The van der Waals surface area contributed by atoms with Gasteiger partial charge >= 0.3 is 5.97 Å². The maximum absolute atomic E-state index is 9.52. The topological polar surface area (TPSA) is 79.3 Å². The zero-order valence-electron chi connectivity index (χ0n) is 11.3. The molecule has 0 saturated heterocycles. The van der Waals surface area contributed by atoms with Crippen molar-refractivity contribution in [3.63, 3.8) is 0 Å². The van der Waals surface area contributed by atoms with Crippen LogP contribution in [0, 0.1) is 6.92 Å². The zero-order chi connectivity index (χ0) is 14.8. The molecule has 2 N–H and O–H groups in total. The van der Waals surface area contributed by atoms with Crippen molar-refractivity contribution in [2.45, 2.75) is 6.92 Å². The molecule has 0 aliphatic carbocycles. The maximum Gasteiger partial charge on any atom is 0.320 e. The molecule has 0 fully saturated rings. The minimum Gasteiger partial charge on any atom is -0.521 e. The van der Waals surface area contributed by atoms with Crippen molar-refractivity contribution in [3.05, 3.63) is 54.4 Å². The summed E-state index contributed by atoms with van der Waals surface area (Å²) in [5.74, 6) is -1.07. The number of carbonyl (C=O) groups excluding carboxylic acids is 1. The molecule has 1 aromatic carbocycles. The molecule has 1 amide bonds. The molecule has 0 unspecified atom stereocenters. The number of carboxylic acids is 1. The van der Waals surface area contributed by atoms with Gasteiger partial charge in [0, 0.05) is 12.4 Å². The Morgan fingerprint density at radius 1 is 1.24 bits per heavy atom. The predicted molar refractivity (Wildman–Crippen MR) is 75.7 cm³/mol. The Hall–Kier alpha value is -3.69. The van der Waals surface area contributed by atoms with E-state index in [9.17, 15) is 9.59 Å². The number of amides is 1. The molecular formula is C15H15FmN2O3-. The van der Waals surface area contributed by atoms with E-state index in [1.165, 1.54) is 23.1 Å². The van der Waals surface area contributed by atoms with Crippen LogP contribution in [-0.2, 0) is 9.59 Å². The third-order valence-electron chi connectivity index (χ3n) is 2.36. The summed E-state index contributed by atoms with van der Waals surface area (Å²) in [4.78, 5) is 22.8. The second-order valence-electron chi connectivity index (χ2n) is 3.96. The van der Waals surface area contributed by atoms with E-state index in [0.29, 0.717) is 0 Å². The van der Waals surface area contributed by atoms with Gasteiger partial charge in [-0.15, -0.1) is 0 Å². The number of hydrogen-bond acceptors (Lipinski definition) is 3. The van der Waals surface area contributed by atoms with Crippen LogP contribution in [0.25, 0.3) is 11.1 Å². The third kappa shape index (κ3) is 6.71. The Bertz CT molecular complexity index is 545. The molecular weight excluding hydrogens is 513 g/mol. The first-order valence-electron chi connectivity index (χ1n) is 5.92. The van der Waals surface area contributed by atoms with Gasteiger partial charge in [0.1, 0.15) is 0 Å². The SMILES string of the molecule is Cc1ccc(-c2cccnc2)cc1.O=[C-]NCC(=O)O.[Fm]. The summed E-state index contributed by atoms with van der Waals surface area (Å²) < 4.78 is 0. The van der Waals surface area contributed by atoms with Crippen molar-refractivity contribution in [2.24, 2.45) is 0 Å². The number of hydrogen-bond donors (Lipinski definition) is 2. The van der Waals surface area contributed by atoms with Crippen molar-refractivity contribution < 1.29 is 14.7 Å². The largest absolute Gasteiger partial charge is 0.521 e. The third-order valence-corrected chi connectivity index (χ3v) is 2.36. The quantitative estimate of drug-likeness (QED) is 0.469. The number of carboxylic acid groups (broad SMARTS) is 1. The molecule has 0 saturated carbocycles. The van der Waals surface area contributed by atoms with Crippen LogP contribution in [-0.4, -0.2) is 29.0 Å². The molecule has 21 heavy (non-hydrogen) atoms. The second-order valence-corrected chi connectivity index (χ2v) is 3.96. The van der Waals surface area contributed by atoms with Gasteiger partial charge < -0.3 is 15.2 Å². The molecule has 0 aliphatic rings. The summed E-state index contributed by atoms with van der Waals surface area (Å²) in [6.07, 6.45) is 4.89. The van der Waals surface area contributed by atoms with Gasteiger partial charge in [-0.2, -0.15) is 6.41 Å². The van der Waals surface area contributed by atoms with E-state index in [2.05, 4.69) is 42.2 Å². The number of aliphatic carboxylic acids is 1. The Morgan fingerprint density at radius 3 is 2.33 bits per heavy atom. The zero-order valence-corrected chi connectivity index (χ0v) is 13.7. The molecule has 0 bridgehead atoms. The molecule has 0 spiro atoms. The van der Waals surface area contributed by atoms with Gasteiger partial charge in [-0.05, 0) is 24.1 Å². The van der Waals surface area contributed by atoms with Crippen molar-refractivity contribution in [2.75, 3.05) is 6.54 Å². The van der Waals surface area contributed by atoms with Crippen molar-refractivity contribution in [1.82, 2.24) is 10.3 Å². The number of aromatic nitrogens is 1. The number of nitrogens with one attached hydrogen (secondary N) is 1. The molecule has 0 radical (unpaired) electrons. The molecule has 116 valence electrons. The standard InChI is InChI=1S/C12H11N.C3H4NO3.Fm/c1-10-4-6-11(7-5-10)12-3-2-8-13-9-12;5-2-4-1-3(6)7;/h2-9H,1H3;1H2,(H,4,5)(H,6,7);/q;-1;. The first kappa shape index (κ1) is 17.3. The molecule has 6 heteroatoms. The van der Waals surface area contributed by atoms with Crippen molar-refractivity contribution in [1.29, 1.82) is 0 Å². The smallest absolute Gasteiger partial charge is 0.320 e. The van der Waals surface area contributed by atoms with Crippen LogP contribution in [0.3, 0.4) is 0 Å². The first-order valence-corrected chi connectivity index (χ1v) is 5.92. The summed E-state index contributed by atoms with van der Waals surface area (Å²) in [7, 11) is 0. The van der Waals surface area contributed by atoms with Gasteiger partial charge in [0.15, 0.2) is 0 Å². The number of pyridine rings is 1. The van der Waals surface area contributed by atoms with Gasteiger partial charge in [0.05, 0.1) is 6.54 Å². The van der Waals surface area contributed by atoms with E-state index in [0.717, 1.165) is 0 Å². The van der Waals surface area contributed by atoms with Crippen LogP contribution in [0.1, 0.15) is 5.56 Å². The maximum atomic E-state index is 9.52. The van der Waals surface area contributed by atoms with E-state index in [1.807, 2.05) is 17.6 Å². The Kier molecular flexibility index (Phi) is 7.64. The normalized spacial score (nSPS) is 8.62. The summed E-state index contributed by atoms with van der Waals surface area (Å²) in [6, 6.07) is 12.5. The van der Waals surface area contributed by atoms with E-state index < -0.39 is 5.97 Å². The minimum absolute atomic E-state index is 0. The predicted octanol–water partition coefficient (Wildman–Crippen LogP) is 1.78. The fraction of sp³-hybridized carbons (Fsp3) is 0.133. The van der Waals surface area contributed by atoms with Gasteiger partial charge in [0.2, 0.25) is 0 Å². The van der Waals surface area contributed by atoms with Gasteiger partial charge in [0.25, 0.3) is 0 Å². The Morgan fingerprint density at radius 2 is 1.90 bits per heavy atom. The Balaban J connectivity index is 0.000000436. The number of rotatable bonds is 4. The molecule has 1 aromatic heterocycles. The average molecular weight is 528 g/mol. The Labute approximate surface area is 117 Å². The summed E-state index contributed by atoms with van der Waals surface area (Å²) in [6.45, 7) is 1.73. The molecule has 2 aromatic rings. The van der Waals surface area contributed by atoms with Crippen LogP contribution in [0.15, 0.2) is 48.8 Å². The fourth-order valence-electron chi connectivity index (χ4n) is 1.39. The monoisotopic (exact) mass is 528 g/mol. The van der Waals surface area contributed by atoms with E-state index in [-0.39, 0.29) is 6.54 Å². The number of carbonyl (C=O) groups is 1. The number of aryl methyl sites for hydroxylation is 1. The van der Waals surface area contributed by atoms with Crippen LogP contribution in [0.4, 0.5) is 0 Å². The van der Waals surface area contributed by atoms with Gasteiger partial charge in [-0.1, -0.05) is 35.9 Å². The molecule has 0 aliphatic heterocycles. The summed E-state index contributed by atoms with van der Waals surface area (Å²) in [5.41, 5.74) is 3.67. The molecule has 1 heterocycles. The molecule has 0 atom stereocenters. The van der Waals surface area contributed by atoms with Gasteiger partial charge in [-0.25, -0.2) is 0 Å². The minimum atomic E-state index is -1.07. The number of nitrogens with zero attached hydrogens (tertiary/aromatic N) is 1. The van der Waals surface area contributed by atoms with E-state index in [1.54, 1.807) is 6.20 Å². The van der Waals surface area contributed by atoms with Crippen LogP contribution < -0.4 is 5.32 Å². The molecule has 2 rings (SSSR count). The van der Waals surface area contributed by atoms with Crippen LogP contribution >= 0.6 is 0 Å². The van der Waals surface area contributed by atoms with E-state index >= 15 is 0 Å². The first-order chi connectivity index (χ1) is 9.63. The molecule has 5 nitrogen and oxygen atoms in total. The van der Waals surface area contributed by atoms with Crippen molar-refractivity contribution in [3.8, 4) is 11.1 Å². The van der Waals surface area contributed by atoms with Crippen molar-refractivity contribution >= 4 is 12.4 Å². The van der Waals surface area contributed by atoms with Crippen LogP contribution in [0.2, 0.25) is 0 Å². The summed E-state index contributed by atoms with van der Waals surface area (Å²) >= 11 is 0. The van der Waals surface area contributed by atoms with Crippen LogP contribution in [0.5, 0.6) is 0 Å². The second kappa shape index (κ2) is 9.27. The van der Waals surface area contributed by atoms with Gasteiger partial charge in [-0.3, -0.25) is 9.78 Å².